The molecule has 0 atom stereocenters. The minimum Gasteiger partial charge on any atom is -0.454 e. The molecule has 1 aromatic carbocycles. The van der Waals surface area contributed by atoms with Crippen molar-refractivity contribution in [1.82, 2.24) is 10.6 Å². The van der Waals surface area contributed by atoms with E-state index < -0.39 is 0 Å². The van der Waals surface area contributed by atoms with Gasteiger partial charge in [-0.25, -0.2) is 0 Å². The number of rotatable bonds is 7. The van der Waals surface area contributed by atoms with Crippen LogP contribution in [0.25, 0.3) is 0 Å². The number of nitrogens with zero attached hydrogens (tertiary/aromatic N) is 1. The van der Waals surface area contributed by atoms with E-state index >= 15 is 0 Å². The van der Waals surface area contributed by atoms with Crippen LogP contribution >= 0.6 is 24.0 Å². The molecule has 0 saturated heterocycles. The first-order valence-corrected chi connectivity index (χ1v) is 7.74. The predicted molar refractivity (Wildman–Crippen MR) is 101 cm³/mol. The van der Waals surface area contributed by atoms with E-state index in [1.807, 2.05) is 12.1 Å². The Labute approximate surface area is 149 Å². The van der Waals surface area contributed by atoms with Crippen molar-refractivity contribution in [2.45, 2.75) is 33.1 Å². The molecule has 0 unspecified atom stereocenters. The maximum Gasteiger partial charge on any atom is 0.231 e. The third-order valence-corrected chi connectivity index (χ3v) is 3.27. The van der Waals surface area contributed by atoms with Gasteiger partial charge in [-0.2, -0.15) is 0 Å². The molecule has 22 heavy (non-hydrogen) atoms. The molecule has 6 heteroatoms. The van der Waals surface area contributed by atoms with Gasteiger partial charge in [-0.1, -0.05) is 19.4 Å². The number of hydrogen-bond donors (Lipinski definition) is 2. The Hall–Kier alpha value is -1.18. The molecule has 0 saturated carbocycles. The number of fused-ring (bicyclic) bond motifs is 1. The second-order valence-electron chi connectivity index (χ2n) is 4.98. The summed E-state index contributed by atoms with van der Waals surface area (Å²) in [6.45, 7) is 7.17. The number of nitrogens with one attached hydrogen (secondary N) is 2. The number of unbranched alkanes of at least 4 members (excludes halogenated alkanes) is 1. The van der Waals surface area contributed by atoms with Crippen molar-refractivity contribution in [2.24, 2.45) is 4.99 Å². The summed E-state index contributed by atoms with van der Waals surface area (Å²) >= 11 is 0. The highest BCUT2D eigenvalue weighted by atomic mass is 127. The standard InChI is InChI=1S/C16H25N3O2.HI/c1-3-5-9-18-16(17-4-2)19-10-8-13-6-7-14-15(11-13)21-12-20-14;/h6-7,11H,3-5,8-10,12H2,1-2H3,(H2,17,18,19);1H. The molecule has 0 aromatic heterocycles. The molecule has 0 bridgehead atoms. The minimum atomic E-state index is 0. The number of hydrogen-bond acceptors (Lipinski definition) is 3. The first-order chi connectivity index (χ1) is 10.3. The van der Waals surface area contributed by atoms with Crippen LogP contribution in [0.5, 0.6) is 11.5 Å². The zero-order chi connectivity index (χ0) is 14.9. The van der Waals surface area contributed by atoms with E-state index in [0.717, 1.165) is 49.9 Å². The van der Waals surface area contributed by atoms with Crippen molar-refractivity contribution in [2.75, 3.05) is 26.4 Å². The first kappa shape index (κ1) is 18.9. The van der Waals surface area contributed by atoms with Crippen LogP contribution in [0.1, 0.15) is 32.3 Å². The Morgan fingerprint density at radius 2 is 2.00 bits per heavy atom. The lowest BCUT2D eigenvalue weighted by Crippen LogP contribution is -2.38. The van der Waals surface area contributed by atoms with Crippen molar-refractivity contribution >= 4 is 29.9 Å². The molecular weight excluding hydrogens is 393 g/mol. The van der Waals surface area contributed by atoms with Crippen LogP contribution in [0.4, 0.5) is 0 Å². The second-order valence-corrected chi connectivity index (χ2v) is 4.98. The van der Waals surface area contributed by atoms with Crippen LogP contribution in [-0.2, 0) is 6.42 Å². The monoisotopic (exact) mass is 419 g/mol. The lowest BCUT2D eigenvalue weighted by atomic mass is 10.1. The number of benzene rings is 1. The summed E-state index contributed by atoms with van der Waals surface area (Å²) in [6, 6.07) is 6.10. The fourth-order valence-corrected chi connectivity index (χ4v) is 2.11. The van der Waals surface area contributed by atoms with Crippen LogP contribution in [-0.4, -0.2) is 32.4 Å². The van der Waals surface area contributed by atoms with Gasteiger partial charge in [-0.3, -0.25) is 4.99 Å². The zero-order valence-electron chi connectivity index (χ0n) is 13.4. The molecule has 1 aliphatic heterocycles. The summed E-state index contributed by atoms with van der Waals surface area (Å²) in [5.41, 5.74) is 1.23. The normalized spacial score (nSPS) is 12.7. The van der Waals surface area contributed by atoms with Crippen LogP contribution < -0.4 is 20.1 Å². The molecule has 2 N–H and O–H groups in total. The fraction of sp³-hybridized carbons (Fsp3) is 0.562. The zero-order valence-corrected chi connectivity index (χ0v) is 15.7. The van der Waals surface area contributed by atoms with E-state index in [0.29, 0.717) is 6.79 Å². The number of guanidine groups is 1. The summed E-state index contributed by atoms with van der Waals surface area (Å²) in [5, 5.41) is 6.63. The molecular formula is C16H26IN3O2. The lowest BCUT2D eigenvalue weighted by molar-refractivity contribution is 0.174. The Kier molecular flexibility index (Phi) is 9.03. The van der Waals surface area contributed by atoms with E-state index in [1.165, 1.54) is 12.0 Å². The van der Waals surface area contributed by atoms with E-state index in [9.17, 15) is 0 Å². The highest BCUT2D eigenvalue weighted by molar-refractivity contribution is 14.0. The highest BCUT2D eigenvalue weighted by Gasteiger charge is 2.12. The molecule has 0 fully saturated rings. The van der Waals surface area contributed by atoms with Gasteiger partial charge in [-0.15, -0.1) is 24.0 Å². The molecule has 1 heterocycles. The summed E-state index contributed by atoms with van der Waals surface area (Å²) in [7, 11) is 0. The van der Waals surface area contributed by atoms with Gasteiger partial charge in [0.2, 0.25) is 6.79 Å². The van der Waals surface area contributed by atoms with Gasteiger partial charge in [0.15, 0.2) is 17.5 Å². The van der Waals surface area contributed by atoms with Crippen LogP contribution in [0, 0.1) is 0 Å². The summed E-state index contributed by atoms with van der Waals surface area (Å²) in [4.78, 5) is 4.54. The van der Waals surface area contributed by atoms with Gasteiger partial charge in [-0.05, 0) is 37.5 Å². The predicted octanol–water partition coefficient (Wildman–Crippen LogP) is 2.93. The topological polar surface area (TPSA) is 54.9 Å². The van der Waals surface area contributed by atoms with E-state index in [2.05, 4.69) is 35.5 Å². The molecule has 0 spiro atoms. The fourth-order valence-electron chi connectivity index (χ4n) is 2.11. The number of ether oxygens (including phenoxy) is 2. The van der Waals surface area contributed by atoms with Gasteiger partial charge in [0.1, 0.15) is 0 Å². The average molecular weight is 419 g/mol. The van der Waals surface area contributed by atoms with Crippen molar-refractivity contribution in [3.8, 4) is 11.5 Å². The Bertz CT molecular complexity index is 480. The van der Waals surface area contributed by atoms with Gasteiger partial charge in [0, 0.05) is 19.6 Å². The van der Waals surface area contributed by atoms with E-state index in [4.69, 9.17) is 9.47 Å². The maximum absolute atomic E-state index is 5.39. The van der Waals surface area contributed by atoms with Crippen LogP contribution in [0.2, 0.25) is 0 Å². The summed E-state index contributed by atoms with van der Waals surface area (Å²) in [5.74, 6) is 2.57. The van der Waals surface area contributed by atoms with Gasteiger partial charge in [0.05, 0.1) is 0 Å². The molecule has 1 aromatic rings. The molecule has 1 aliphatic rings. The number of halogens is 1. The second kappa shape index (κ2) is 10.5. The van der Waals surface area contributed by atoms with Crippen molar-refractivity contribution < 1.29 is 9.47 Å². The largest absolute Gasteiger partial charge is 0.454 e. The van der Waals surface area contributed by atoms with E-state index in [-0.39, 0.29) is 24.0 Å². The molecule has 0 amide bonds. The van der Waals surface area contributed by atoms with Gasteiger partial charge >= 0.3 is 0 Å². The quantitative estimate of drug-likeness (QED) is 0.309. The van der Waals surface area contributed by atoms with Crippen LogP contribution in [0.3, 0.4) is 0 Å². The maximum atomic E-state index is 5.39. The summed E-state index contributed by atoms with van der Waals surface area (Å²) in [6.07, 6.45) is 3.22. The molecule has 2 rings (SSSR count). The van der Waals surface area contributed by atoms with Gasteiger partial charge < -0.3 is 20.1 Å². The lowest BCUT2D eigenvalue weighted by Gasteiger charge is -2.11. The average Bonchev–Trinajstić information content (AvgIpc) is 2.95. The molecule has 0 radical (unpaired) electrons. The van der Waals surface area contributed by atoms with Crippen molar-refractivity contribution in [3.05, 3.63) is 23.8 Å². The molecule has 5 nitrogen and oxygen atoms in total. The number of aliphatic imine (C=N–C) groups is 1. The summed E-state index contributed by atoms with van der Waals surface area (Å²) < 4.78 is 10.7. The molecule has 124 valence electrons. The van der Waals surface area contributed by atoms with Crippen molar-refractivity contribution in [1.29, 1.82) is 0 Å². The smallest absolute Gasteiger partial charge is 0.231 e. The Morgan fingerprint density at radius 1 is 1.18 bits per heavy atom. The van der Waals surface area contributed by atoms with E-state index in [1.54, 1.807) is 0 Å². The van der Waals surface area contributed by atoms with Gasteiger partial charge in [0.25, 0.3) is 0 Å². The Morgan fingerprint density at radius 3 is 2.77 bits per heavy atom. The van der Waals surface area contributed by atoms with Crippen molar-refractivity contribution in [3.63, 3.8) is 0 Å². The van der Waals surface area contributed by atoms with Crippen LogP contribution in [0.15, 0.2) is 23.2 Å². The third kappa shape index (κ3) is 5.90. The third-order valence-electron chi connectivity index (χ3n) is 3.27. The Balaban J connectivity index is 0.00000242. The SMILES string of the molecule is CCCCN=C(NCC)NCCc1ccc2c(c1)OCO2.I. The highest BCUT2D eigenvalue weighted by Crippen LogP contribution is 2.32. The minimum absolute atomic E-state index is 0. The first-order valence-electron chi connectivity index (χ1n) is 7.74. The molecule has 0 aliphatic carbocycles.